The molecule has 0 unspecified atom stereocenters. The quantitative estimate of drug-likeness (QED) is 0.520. The van der Waals surface area contributed by atoms with E-state index in [0.29, 0.717) is 0 Å². The highest BCUT2D eigenvalue weighted by Gasteiger charge is 2.17. The second-order valence-corrected chi connectivity index (χ2v) is 5.06. The van der Waals surface area contributed by atoms with E-state index in [0.717, 1.165) is 16.8 Å². The standard InChI is InChI=1S/C17H14N2O.C2H6/c1-19-16-6-4-3-5-11(16)9-15-17(19)13-10-12(20-2)7-8-14(13)18-15;1-2/h3-10H,1-2H3;1-2H3/p+1. The van der Waals surface area contributed by atoms with Crippen LogP contribution in [0.2, 0.25) is 0 Å². The van der Waals surface area contributed by atoms with Crippen LogP contribution in [0.4, 0.5) is 0 Å². The molecule has 3 nitrogen and oxygen atoms in total. The molecule has 2 aromatic heterocycles. The number of aromatic amines is 1. The van der Waals surface area contributed by atoms with Crippen molar-refractivity contribution in [1.82, 2.24) is 4.98 Å². The lowest BCUT2D eigenvalue weighted by molar-refractivity contribution is -0.616. The number of benzene rings is 2. The molecule has 0 aliphatic heterocycles. The highest BCUT2D eigenvalue weighted by Crippen LogP contribution is 2.28. The smallest absolute Gasteiger partial charge is 0.238 e. The Morgan fingerprint density at radius 1 is 0.955 bits per heavy atom. The van der Waals surface area contributed by atoms with E-state index in [-0.39, 0.29) is 0 Å². The molecule has 1 N–H and O–H groups in total. The molecule has 2 heterocycles. The Kier molecular flexibility index (Phi) is 3.72. The zero-order valence-electron chi connectivity index (χ0n) is 13.5. The van der Waals surface area contributed by atoms with Gasteiger partial charge in [-0.2, -0.15) is 4.57 Å². The first-order valence-electron chi connectivity index (χ1n) is 7.65. The van der Waals surface area contributed by atoms with Crippen molar-refractivity contribution < 1.29 is 9.30 Å². The molecule has 112 valence electrons. The van der Waals surface area contributed by atoms with Crippen molar-refractivity contribution in [1.29, 1.82) is 0 Å². The number of pyridine rings is 1. The molecule has 0 spiro atoms. The predicted molar refractivity (Wildman–Crippen MR) is 92.4 cm³/mol. The van der Waals surface area contributed by atoms with Crippen LogP contribution in [0.25, 0.3) is 32.8 Å². The zero-order valence-corrected chi connectivity index (χ0v) is 13.5. The summed E-state index contributed by atoms with van der Waals surface area (Å²) in [6.45, 7) is 4.00. The van der Waals surface area contributed by atoms with Crippen molar-refractivity contribution in [2.24, 2.45) is 7.05 Å². The van der Waals surface area contributed by atoms with Crippen molar-refractivity contribution in [3.05, 3.63) is 48.5 Å². The van der Waals surface area contributed by atoms with Crippen LogP contribution < -0.4 is 9.30 Å². The highest BCUT2D eigenvalue weighted by atomic mass is 16.5. The van der Waals surface area contributed by atoms with Crippen molar-refractivity contribution in [2.45, 2.75) is 13.8 Å². The minimum atomic E-state index is 0.881. The van der Waals surface area contributed by atoms with Gasteiger partial charge in [-0.1, -0.05) is 26.0 Å². The fourth-order valence-electron chi connectivity index (χ4n) is 2.96. The van der Waals surface area contributed by atoms with Crippen LogP contribution in [-0.2, 0) is 7.05 Å². The Hall–Kier alpha value is -2.55. The third kappa shape index (κ3) is 2.10. The molecule has 2 aromatic carbocycles. The topological polar surface area (TPSA) is 28.9 Å². The maximum atomic E-state index is 5.34. The van der Waals surface area contributed by atoms with Gasteiger partial charge in [0.15, 0.2) is 0 Å². The van der Waals surface area contributed by atoms with Gasteiger partial charge >= 0.3 is 0 Å². The monoisotopic (exact) mass is 293 g/mol. The number of aromatic nitrogens is 2. The summed E-state index contributed by atoms with van der Waals surface area (Å²) in [5.41, 5.74) is 4.71. The Labute approximate surface area is 130 Å². The molecule has 4 rings (SSSR count). The summed E-state index contributed by atoms with van der Waals surface area (Å²) in [5.74, 6) is 0.881. The van der Waals surface area contributed by atoms with Gasteiger partial charge in [0.2, 0.25) is 11.0 Å². The van der Waals surface area contributed by atoms with Crippen LogP contribution in [0.5, 0.6) is 5.75 Å². The lowest BCUT2D eigenvalue weighted by Crippen LogP contribution is -2.29. The van der Waals surface area contributed by atoms with Crippen LogP contribution in [-0.4, -0.2) is 12.1 Å². The number of ether oxygens (including phenoxy) is 1. The van der Waals surface area contributed by atoms with Gasteiger partial charge in [-0.3, -0.25) is 0 Å². The molecule has 0 bridgehead atoms. The van der Waals surface area contributed by atoms with E-state index in [1.165, 1.54) is 21.8 Å². The molecule has 0 aliphatic rings. The van der Waals surface area contributed by atoms with Gasteiger partial charge < -0.3 is 9.72 Å². The molecule has 0 saturated heterocycles. The summed E-state index contributed by atoms with van der Waals surface area (Å²) in [6, 6.07) is 16.8. The third-order valence-corrected chi connectivity index (χ3v) is 3.94. The molecular formula is C19H21N2O+. The minimum absolute atomic E-state index is 0.881. The first-order valence-corrected chi connectivity index (χ1v) is 7.65. The number of methoxy groups -OCH3 is 1. The summed E-state index contributed by atoms with van der Waals surface area (Å²) in [6.07, 6.45) is 0. The van der Waals surface area contributed by atoms with E-state index in [2.05, 4.69) is 59.1 Å². The molecule has 0 saturated carbocycles. The van der Waals surface area contributed by atoms with Crippen LogP contribution in [0.3, 0.4) is 0 Å². The van der Waals surface area contributed by atoms with Crippen LogP contribution in [0.15, 0.2) is 48.5 Å². The van der Waals surface area contributed by atoms with E-state index < -0.39 is 0 Å². The first kappa shape index (κ1) is 14.4. The molecule has 4 aromatic rings. The van der Waals surface area contributed by atoms with Crippen LogP contribution in [0.1, 0.15) is 13.8 Å². The van der Waals surface area contributed by atoms with E-state index in [9.17, 15) is 0 Å². The fourth-order valence-corrected chi connectivity index (χ4v) is 2.96. The number of hydrogen-bond acceptors (Lipinski definition) is 1. The van der Waals surface area contributed by atoms with Crippen molar-refractivity contribution in [3.8, 4) is 5.75 Å². The van der Waals surface area contributed by atoms with Gasteiger partial charge in [0.1, 0.15) is 18.3 Å². The number of rotatable bonds is 1. The van der Waals surface area contributed by atoms with Gasteiger partial charge in [0.05, 0.1) is 18.0 Å². The molecular weight excluding hydrogens is 272 g/mol. The van der Waals surface area contributed by atoms with Gasteiger partial charge in [-0.25, -0.2) is 0 Å². The zero-order chi connectivity index (χ0) is 15.7. The second kappa shape index (κ2) is 5.68. The number of nitrogens with zero attached hydrogens (tertiary/aromatic N) is 1. The summed E-state index contributed by atoms with van der Waals surface area (Å²) >= 11 is 0. The molecule has 0 radical (unpaired) electrons. The molecule has 3 heteroatoms. The van der Waals surface area contributed by atoms with Gasteiger partial charge in [0.25, 0.3) is 0 Å². The summed E-state index contributed by atoms with van der Waals surface area (Å²) in [5, 5.41) is 2.42. The van der Waals surface area contributed by atoms with Crippen molar-refractivity contribution >= 4 is 32.8 Å². The van der Waals surface area contributed by atoms with Gasteiger partial charge in [0, 0.05) is 11.5 Å². The lowest BCUT2D eigenvalue weighted by Gasteiger charge is -1.99. The van der Waals surface area contributed by atoms with Crippen molar-refractivity contribution in [2.75, 3.05) is 7.11 Å². The van der Waals surface area contributed by atoms with E-state index in [1.54, 1.807) is 7.11 Å². The Morgan fingerprint density at radius 2 is 1.73 bits per heavy atom. The largest absolute Gasteiger partial charge is 0.497 e. The Morgan fingerprint density at radius 3 is 2.50 bits per heavy atom. The Balaban J connectivity index is 0.000000693. The normalized spacial score (nSPS) is 10.7. The fraction of sp³-hybridized carbons (Fsp3) is 0.211. The second-order valence-electron chi connectivity index (χ2n) is 5.06. The lowest BCUT2D eigenvalue weighted by atomic mass is 10.1. The first-order chi connectivity index (χ1) is 10.8. The number of nitrogens with one attached hydrogen (secondary N) is 1. The number of para-hydroxylation sites is 1. The van der Waals surface area contributed by atoms with Crippen LogP contribution >= 0.6 is 0 Å². The highest BCUT2D eigenvalue weighted by molar-refractivity contribution is 6.05. The molecule has 0 amide bonds. The molecule has 0 aliphatic carbocycles. The number of fused-ring (bicyclic) bond motifs is 4. The molecule has 0 atom stereocenters. The summed E-state index contributed by atoms with van der Waals surface area (Å²) in [4.78, 5) is 3.49. The minimum Gasteiger partial charge on any atom is -0.497 e. The predicted octanol–water partition coefficient (Wildman–Crippen LogP) is 4.33. The van der Waals surface area contributed by atoms with Crippen molar-refractivity contribution in [3.63, 3.8) is 0 Å². The number of hydrogen-bond donors (Lipinski definition) is 1. The van der Waals surface area contributed by atoms with Crippen LogP contribution in [0, 0.1) is 0 Å². The SMILES string of the molecule is CC.COc1ccc2[nH]c3cc4ccccc4[n+](C)c3c2c1. The number of H-pyrrole nitrogens is 1. The average molecular weight is 293 g/mol. The van der Waals surface area contributed by atoms with Gasteiger partial charge in [-0.15, -0.1) is 0 Å². The van der Waals surface area contributed by atoms with E-state index in [1.807, 2.05) is 19.9 Å². The Bertz CT molecular complexity index is 954. The maximum absolute atomic E-state index is 5.34. The van der Waals surface area contributed by atoms with E-state index in [4.69, 9.17) is 4.74 Å². The summed E-state index contributed by atoms with van der Waals surface area (Å²) < 4.78 is 7.58. The van der Waals surface area contributed by atoms with Gasteiger partial charge in [-0.05, 0) is 30.3 Å². The summed E-state index contributed by atoms with van der Waals surface area (Å²) in [7, 11) is 3.81. The number of aryl methyl sites for hydroxylation is 1. The average Bonchev–Trinajstić information content (AvgIpc) is 2.94. The third-order valence-electron chi connectivity index (χ3n) is 3.94. The molecule has 22 heavy (non-hydrogen) atoms. The molecule has 0 fully saturated rings. The van der Waals surface area contributed by atoms with E-state index >= 15 is 0 Å². The maximum Gasteiger partial charge on any atom is 0.238 e.